The molecule has 2 aromatic heterocycles. The highest BCUT2D eigenvalue weighted by molar-refractivity contribution is 6.01. The second-order valence-corrected chi connectivity index (χ2v) is 10.0. The van der Waals surface area contributed by atoms with Crippen LogP contribution in [0.3, 0.4) is 0 Å². The van der Waals surface area contributed by atoms with Gasteiger partial charge in [0, 0.05) is 25.5 Å². The Kier molecular flexibility index (Phi) is 7.03. The lowest BCUT2D eigenvalue weighted by Gasteiger charge is -2.21. The van der Waals surface area contributed by atoms with E-state index in [2.05, 4.69) is 10.6 Å². The maximum absolute atomic E-state index is 14.5. The van der Waals surface area contributed by atoms with E-state index < -0.39 is 11.7 Å². The summed E-state index contributed by atoms with van der Waals surface area (Å²) in [5.41, 5.74) is 9.27. The molecule has 1 aliphatic heterocycles. The Morgan fingerprint density at radius 2 is 1.95 bits per heavy atom. The Bertz CT molecular complexity index is 1650. The minimum atomic E-state index is -0.898. The number of anilines is 5. The van der Waals surface area contributed by atoms with Gasteiger partial charge in [0.2, 0.25) is 11.9 Å². The molecule has 0 spiro atoms. The van der Waals surface area contributed by atoms with Gasteiger partial charge in [0.1, 0.15) is 23.0 Å². The summed E-state index contributed by atoms with van der Waals surface area (Å²) >= 11 is 0. The third-order valence-corrected chi connectivity index (χ3v) is 6.81. The number of nitrogens with one attached hydrogen (secondary N) is 2. The van der Waals surface area contributed by atoms with Gasteiger partial charge in [0.15, 0.2) is 0 Å². The van der Waals surface area contributed by atoms with Crippen LogP contribution in [0, 0.1) is 12.7 Å². The second-order valence-electron chi connectivity index (χ2n) is 10.0. The molecule has 3 heterocycles. The molecule has 0 radical (unpaired) electrons. The molecule has 11 nitrogen and oxygen atoms in total. The van der Waals surface area contributed by atoms with Crippen molar-refractivity contribution in [2.45, 2.75) is 13.3 Å². The molecule has 0 atom stereocenters. The van der Waals surface area contributed by atoms with Crippen LogP contribution in [0.15, 0.2) is 36.5 Å². The highest BCUT2D eigenvalue weighted by Gasteiger charge is 2.27. The molecule has 0 bridgehead atoms. The average molecular weight is 547 g/mol. The normalized spacial score (nSPS) is 12.6. The third-order valence-electron chi connectivity index (χ3n) is 6.81. The first-order valence-electron chi connectivity index (χ1n) is 12.7. The number of carbonyl (C=O) groups excluding carboxylic acids is 2. The number of benzene rings is 2. The van der Waals surface area contributed by atoms with E-state index in [4.69, 9.17) is 20.4 Å². The van der Waals surface area contributed by atoms with E-state index in [0.717, 1.165) is 23.2 Å². The summed E-state index contributed by atoms with van der Waals surface area (Å²) in [7, 11) is 7.15. The smallest absolute Gasteiger partial charge is 0.253 e. The summed E-state index contributed by atoms with van der Waals surface area (Å²) < 4.78 is 22.0. The van der Waals surface area contributed by atoms with Crippen LogP contribution in [0.25, 0.3) is 11.0 Å². The fraction of sp³-hybridized carbons (Fsp3) is 0.286. The van der Waals surface area contributed by atoms with Crippen molar-refractivity contribution in [2.75, 3.05) is 49.8 Å². The van der Waals surface area contributed by atoms with Crippen LogP contribution in [0.5, 0.6) is 5.75 Å². The van der Waals surface area contributed by atoms with E-state index in [1.54, 1.807) is 18.1 Å². The number of nitrogens with zero attached hydrogens (tertiary/aromatic N) is 5. The van der Waals surface area contributed by atoms with E-state index in [-0.39, 0.29) is 23.1 Å². The van der Waals surface area contributed by atoms with Crippen LogP contribution in [0.2, 0.25) is 0 Å². The first-order valence-corrected chi connectivity index (χ1v) is 12.7. The maximum Gasteiger partial charge on any atom is 0.253 e. The van der Waals surface area contributed by atoms with Crippen LogP contribution in [-0.4, -0.2) is 65.5 Å². The summed E-state index contributed by atoms with van der Waals surface area (Å²) in [6.45, 7) is 2.79. The van der Waals surface area contributed by atoms with Gasteiger partial charge in [0.05, 0.1) is 36.0 Å². The molecule has 40 heavy (non-hydrogen) atoms. The average Bonchev–Trinajstić information content (AvgIpc) is 3.42. The van der Waals surface area contributed by atoms with Gasteiger partial charge < -0.3 is 35.5 Å². The van der Waals surface area contributed by atoms with E-state index in [1.165, 1.54) is 12.1 Å². The molecule has 208 valence electrons. The Morgan fingerprint density at radius 1 is 1.18 bits per heavy atom. The molecule has 2 aromatic carbocycles. The van der Waals surface area contributed by atoms with Gasteiger partial charge in [-0.3, -0.25) is 9.59 Å². The number of amides is 2. The molecule has 12 heteroatoms. The molecular weight excluding hydrogens is 515 g/mol. The first kappa shape index (κ1) is 26.9. The number of ether oxygens (including phenoxy) is 1. The number of rotatable bonds is 8. The first-order chi connectivity index (χ1) is 19.1. The van der Waals surface area contributed by atoms with Crippen LogP contribution in [-0.2, 0) is 18.3 Å². The molecule has 4 N–H and O–H groups in total. The van der Waals surface area contributed by atoms with E-state index in [9.17, 15) is 14.0 Å². The summed E-state index contributed by atoms with van der Waals surface area (Å²) in [6.07, 6.45) is 2.62. The van der Waals surface area contributed by atoms with Crippen molar-refractivity contribution in [1.29, 1.82) is 0 Å². The Hall–Kier alpha value is -4.71. The number of hydrogen-bond donors (Lipinski definition) is 3. The molecular formula is C28H31FN8O3. The third kappa shape index (κ3) is 4.89. The summed E-state index contributed by atoms with van der Waals surface area (Å²) in [4.78, 5) is 37.9. The van der Waals surface area contributed by atoms with Crippen molar-refractivity contribution in [3.8, 4) is 5.75 Å². The Labute approximate surface area is 230 Å². The van der Waals surface area contributed by atoms with Crippen molar-refractivity contribution in [1.82, 2.24) is 19.4 Å². The number of fused-ring (bicyclic) bond motifs is 2. The highest BCUT2D eigenvalue weighted by atomic mass is 19.1. The number of likely N-dealkylation sites (N-methyl/N-ethyl adjacent to an activating group) is 1. The lowest BCUT2D eigenvalue weighted by atomic mass is 10.1. The predicted molar refractivity (Wildman–Crippen MR) is 152 cm³/mol. The number of aromatic nitrogens is 3. The number of aryl methyl sites for hydroxylation is 2. The SMILES string of the molecule is COc1cc2c(cc1Nc1nc(Nc3cccc(F)c3C(N)=O)c3c(C)cn(C)c3n1)N(C(=O)CN(C)C)CC2. The minimum absolute atomic E-state index is 0.00339. The van der Waals surface area contributed by atoms with Gasteiger partial charge in [-0.1, -0.05) is 6.07 Å². The van der Waals surface area contributed by atoms with E-state index >= 15 is 0 Å². The van der Waals surface area contributed by atoms with Crippen LogP contribution in [0.1, 0.15) is 21.5 Å². The van der Waals surface area contributed by atoms with Gasteiger partial charge >= 0.3 is 0 Å². The molecule has 0 unspecified atom stereocenters. The lowest BCUT2D eigenvalue weighted by molar-refractivity contribution is -0.119. The van der Waals surface area contributed by atoms with Gasteiger partial charge in [-0.2, -0.15) is 9.97 Å². The predicted octanol–water partition coefficient (Wildman–Crippen LogP) is 3.46. The highest BCUT2D eigenvalue weighted by Crippen LogP contribution is 2.39. The summed E-state index contributed by atoms with van der Waals surface area (Å²) in [6, 6.07) is 8.00. The van der Waals surface area contributed by atoms with Crippen molar-refractivity contribution in [3.63, 3.8) is 0 Å². The number of methoxy groups -OCH3 is 1. The monoisotopic (exact) mass is 546 g/mol. The lowest BCUT2D eigenvalue weighted by Crippen LogP contribution is -2.36. The van der Waals surface area contributed by atoms with Gasteiger partial charge in [0.25, 0.3) is 5.91 Å². The molecule has 0 fully saturated rings. The van der Waals surface area contributed by atoms with Crippen molar-refractivity contribution >= 4 is 51.7 Å². The van der Waals surface area contributed by atoms with Gasteiger partial charge in [-0.25, -0.2) is 4.39 Å². The number of carbonyl (C=O) groups is 2. The van der Waals surface area contributed by atoms with Crippen LogP contribution >= 0.6 is 0 Å². The molecule has 0 aliphatic carbocycles. The molecule has 0 saturated heterocycles. The van der Waals surface area contributed by atoms with Crippen LogP contribution < -0.4 is 26.0 Å². The Balaban J connectivity index is 1.58. The fourth-order valence-corrected chi connectivity index (χ4v) is 5.05. The zero-order valence-electron chi connectivity index (χ0n) is 23.0. The molecule has 5 rings (SSSR count). The molecule has 1 aliphatic rings. The van der Waals surface area contributed by atoms with Crippen molar-refractivity contribution < 1.29 is 18.7 Å². The quantitative estimate of drug-likeness (QED) is 0.306. The summed E-state index contributed by atoms with van der Waals surface area (Å²) in [5, 5.41) is 7.04. The maximum atomic E-state index is 14.5. The number of nitrogens with two attached hydrogens (primary N) is 1. The molecule has 2 amide bonds. The van der Waals surface area contributed by atoms with E-state index in [0.29, 0.717) is 41.4 Å². The second kappa shape index (κ2) is 10.5. The number of halogens is 1. The zero-order valence-corrected chi connectivity index (χ0v) is 23.0. The number of primary amides is 1. The van der Waals surface area contributed by atoms with Crippen molar-refractivity contribution in [3.05, 3.63) is 59.0 Å². The van der Waals surface area contributed by atoms with E-state index in [1.807, 2.05) is 55.9 Å². The standard InChI is InChI=1S/C28H31FN8O3/c1-15-13-36(4)27-23(15)26(31-18-8-6-7-17(29)24(18)25(30)39)33-28(34-27)32-19-12-20-16(11-21(19)40-5)9-10-37(20)22(38)14-35(2)3/h6-8,11-13H,9-10,14H2,1-5H3,(H2,30,39)(H2,31,32,33,34). The molecule has 4 aromatic rings. The van der Waals surface area contributed by atoms with Crippen LogP contribution in [0.4, 0.5) is 33.2 Å². The van der Waals surface area contributed by atoms with Gasteiger partial charge in [-0.05, 0) is 62.8 Å². The zero-order chi connectivity index (χ0) is 28.7. The largest absolute Gasteiger partial charge is 0.495 e. The fourth-order valence-electron chi connectivity index (χ4n) is 5.05. The van der Waals surface area contributed by atoms with Crippen molar-refractivity contribution in [2.24, 2.45) is 12.8 Å². The summed E-state index contributed by atoms with van der Waals surface area (Å²) in [5.74, 6) is -0.462. The van der Waals surface area contributed by atoms with Gasteiger partial charge in [-0.15, -0.1) is 0 Å². The Morgan fingerprint density at radius 3 is 2.65 bits per heavy atom. The minimum Gasteiger partial charge on any atom is -0.495 e. The molecule has 0 saturated carbocycles. The topological polar surface area (TPSA) is 131 Å². The number of hydrogen-bond acceptors (Lipinski definition) is 8.